The number of rotatable bonds is 6. The van der Waals surface area contributed by atoms with Crippen LogP contribution < -0.4 is 10.2 Å². The Morgan fingerprint density at radius 3 is 2.80 bits per heavy atom. The van der Waals surface area contributed by atoms with Crippen molar-refractivity contribution in [3.63, 3.8) is 0 Å². The van der Waals surface area contributed by atoms with E-state index in [9.17, 15) is 14.0 Å². The molecule has 2 aliphatic rings. The molecule has 158 valence electrons. The summed E-state index contributed by atoms with van der Waals surface area (Å²) in [6.07, 6.45) is 2.12. The number of anilines is 1. The van der Waals surface area contributed by atoms with Crippen LogP contribution in [0.25, 0.3) is 0 Å². The number of fused-ring (bicyclic) bond motifs is 1. The van der Waals surface area contributed by atoms with Crippen LogP contribution in [0.2, 0.25) is 0 Å². The van der Waals surface area contributed by atoms with E-state index in [0.717, 1.165) is 32.5 Å². The van der Waals surface area contributed by atoms with E-state index in [1.165, 1.54) is 22.1 Å². The highest BCUT2D eigenvalue weighted by Gasteiger charge is 2.35. The van der Waals surface area contributed by atoms with Gasteiger partial charge in [0.25, 0.3) is 0 Å². The minimum absolute atomic E-state index is 0.0950. The van der Waals surface area contributed by atoms with Crippen molar-refractivity contribution in [1.29, 1.82) is 0 Å². The average Bonchev–Trinajstić information content (AvgIpc) is 3.14. The molecule has 1 N–H and O–H groups in total. The van der Waals surface area contributed by atoms with Crippen LogP contribution in [0.1, 0.15) is 29.5 Å². The van der Waals surface area contributed by atoms with Gasteiger partial charge in [0.1, 0.15) is 5.82 Å². The second-order valence-corrected chi connectivity index (χ2v) is 8.28. The summed E-state index contributed by atoms with van der Waals surface area (Å²) in [6.45, 7) is 5.53. The van der Waals surface area contributed by atoms with Crippen LogP contribution in [0.3, 0.4) is 0 Å². The van der Waals surface area contributed by atoms with Gasteiger partial charge in [-0.1, -0.05) is 30.3 Å². The quantitative estimate of drug-likeness (QED) is 0.746. The second-order valence-electron chi connectivity index (χ2n) is 8.28. The molecular weight excluding hydrogens is 381 g/mol. The van der Waals surface area contributed by atoms with Crippen molar-refractivity contribution in [3.05, 3.63) is 65.0 Å². The predicted octanol–water partition coefficient (Wildman–Crippen LogP) is 3.05. The van der Waals surface area contributed by atoms with Crippen molar-refractivity contribution in [3.8, 4) is 0 Å². The van der Waals surface area contributed by atoms with E-state index in [4.69, 9.17) is 0 Å². The number of nitrogens with one attached hydrogen (secondary N) is 1. The number of aryl methyl sites for hydroxylation is 1. The maximum atomic E-state index is 13.8. The number of nitrogens with zero attached hydrogens (tertiary/aromatic N) is 2. The fraction of sp³-hybridized carbons (Fsp3) is 0.417. The zero-order valence-corrected chi connectivity index (χ0v) is 17.4. The molecule has 2 aliphatic heterocycles. The Morgan fingerprint density at radius 1 is 1.20 bits per heavy atom. The molecule has 5 nitrogen and oxygen atoms in total. The standard InChI is InChI=1S/C24H28FN3O2/c1-17-7-8-21(14-22(17)25)28-16-20(13-23(28)29)24(30)26-10-4-11-27-12-9-18-5-2-3-6-19(18)15-27/h2-3,5-8,14,20H,4,9-13,15-16H2,1H3,(H,26,30). The predicted molar refractivity (Wildman–Crippen MR) is 115 cm³/mol. The van der Waals surface area contributed by atoms with Crippen LogP contribution in [0.5, 0.6) is 0 Å². The van der Waals surface area contributed by atoms with Gasteiger partial charge in [-0.3, -0.25) is 14.5 Å². The molecule has 2 aromatic carbocycles. The molecule has 1 fully saturated rings. The monoisotopic (exact) mass is 409 g/mol. The van der Waals surface area contributed by atoms with Gasteiger partial charge in [0.2, 0.25) is 11.8 Å². The van der Waals surface area contributed by atoms with Crippen LogP contribution in [0.4, 0.5) is 10.1 Å². The second kappa shape index (κ2) is 8.96. The number of carbonyl (C=O) groups excluding carboxylic acids is 2. The lowest BCUT2D eigenvalue weighted by Gasteiger charge is -2.28. The SMILES string of the molecule is Cc1ccc(N2CC(C(=O)NCCCN3CCc4ccccc4C3)CC2=O)cc1F. The van der Waals surface area contributed by atoms with Gasteiger partial charge in [-0.25, -0.2) is 4.39 Å². The van der Waals surface area contributed by atoms with Crippen LogP contribution in [-0.4, -0.2) is 42.9 Å². The molecule has 2 amide bonds. The van der Waals surface area contributed by atoms with Gasteiger partial charge >= 0.3 is 0 Å². The molecule has 6 heteroatoms. The van der Waals surface area contributed by atoms with Gasteiger partial charge in [-0.2, -0.15) is 0 Å². The summed E-state index contributed by atoms with van der Waals surface area (Å²) in [5.74, 6) is -0.954. The van der Waals surface area contributed by atoms with E-state index in [-0.39, 0.29) is 30.0 Å². The Kier molecular flexibility index (Phi) is 6.13. The number of carbonyl (C=O) groups is 2. The fourth-order valence-corrected chi connectivity index (χ4v) is 4.29. The molecule has 0 saturated carbocycles. The van der Waals surface area contributed by atoms with Crippen molar-refractivity contribution in [2.45, 2.75) is 32.7 Å². The third kappa shape index (κ3) is 4.54. The summed E-state index contributed by atoms with van der Waals surface area (Å²) < 4.78 is 13.8. The minimum Gasteiger partial charge on any atom is -0.356 e. The summed E-state index contributed by atoms with van der Waals surface area (Å²) in [5, 5.41) is 2.98. The Labute approximate surface area is 176 Å². The van der Waals surface area contributed by atoms with Crippen molar-refractivity contribution < 1.29 is 14.0 Å². The smallest absolute Gasteiger partial charge is 0.227 e. The van der Waals surface area contributed by atoms with Gasteiger partial charge in [0.15, 0.2) is 0 Å². The Hall–Kier alpha value is -2.73. The lowest BCUT2D eigenvalue weighted by atomic mass is 10.00. The minimum atomic E-state index is -0.385. The molecule has 0 aliphatic carbocycles. The van der Waals surface area contributed by atoms with Crippen LogP contribution in [0, 0.1) is 18.7 Å². The number of amides is 2. The summed E-state index contributed by atoms with van der Waals surface area (Å²) in [7, 11) is 0. The largest absolute Gasteiger partial charge is 0.356 e. The van der Waals surface area contributed by atoms with Crippen molar-refractivity contribution in [1.82, 2.24) is 10.2 Å². The van der Waals surface area contributed by atoms with Gasteiger partial charge in [0.05, 0.1) is 5.92 Å². The topological polar surface area (TPSA) is 52.7 Å². The number of benzene rings is 2. The molecule has 0 spiro atoms. The van der Waals surface area contributed by atoms with Crippen molar-refractivity contribution >= 4 is 17.5 Å². The molecule has 1 saturated heterocycles. The molecule has 2 aromatic rings. The van der Waals surface area contributed by atoms with Crippen LogP contribution in [0.15, 0.2) is 42.5 Å². The molecule has 30 heavy (non-hydrogen) atoms. The fourth-order valence-electron chi connectivity index (χ4n) is 4.29. The Morgan fingerprint density at radius 2 is 2.00 bits per heavy atom. The first-order valence-electron chi connectivity index (χ1n) is 10.6. The van der Waals surface area contributed by atoms with E-state index in [1.807, 2.05) is 0 Å². The number of hydrogen-bond donors (Lipinski definition) is 1. The lowest BCUT2D eigenvalue weighted by molar-refractivity contribution is -0.126. The van der Waals surface area contributed by atoms with E-state index in [2.05, 4.69) is 34.5 Å². The third-order valence-corrected chi connectivity index (χ3v) is 6.12. The molecule has 1 atom stereocenters. The molecule has 0 aromatic heterocycles. The summed E-state index contributed by atoms with van der Waals surface area (Å²) in [5.41, 5.74) is 3.89. The lowest BCUT2D eigenvalue weighted by Crippen LogP contribution is -2.36. The Bertz CT molecular complexity index is 946. The maximum Gasteiger partial charge on any atom is 0.227 e. The first-order chi connectivity index (χ1) is 14.5. The van der Waals surface area contributed by atoms with E-state index >= 15 is 0 Å². The van der Waals surface area contributed by atoms with Crippen LogP contribution >= 0.6 is 0 Å². The van der Waals surface area contributed by atoms with E-state index in [1.54, 1.807) is 19.1 Å². The van der Waals surface area contributed by atoms with Crippen molar-refractivity contribution in [2.24, 2.45) is 5.92 Å². The maximum absolute atomic E-state index is 13.8. The first-order valence-corrected chi connectivity index (χ1v) is 10.6. The molecule has 1 unspecified atom stereocenters. The van der Waals surface area contributed by atoms with Gasteiger partial charge in [0, 0.05) is 44.8 Å². The first kappa shape index (κ1) is 20.5. The highest BCUT2D eigenvalue weighted by atomic mass is 19.1. The van der Waals surface area contributed by atoms with Gasteiger partial charge < -0.3 is 10.2 Å². The van der Waals surface area contributed by atoms with Crippen LogP contribution in [-0.2, 0) is 22.6 Å². The molecule has 0 bridgehead atoms. The third-order valence-electron chi connectivity index (χ3n) is 6.12. The van der Waals surface area contributed by atoms with Gasteiger partial charge in [-0.15, -0.1) is 0 Å². The zero-order valence-electron chi connectivity index (χ0n) is 17.4. The molecule has 0 radical (unpaired) electrons. The Balaban J connectivity index is 1.22. The average molecular weight is 410 g/mol. The number of halogens is 1. The van der Waals surface area contributed by atoms with Crippen molar-refractivity contribution in [2.75, 3.05) is 31.1 Å². The summed E-state index contributed by atoms with van der Waals surface area (Å²) >= 11 is 0. The highest BCUT2D eigenvalue weighted by Crippen LogP contribution is 2.26. The normalized spacial score (nSPS) is 19.1. The molecular formula is C24H28FN3O2. The summed E-state index contributed by atoms with van der Waals surface area (Å²) in [6, 6.07) is 13.3. The number of hydrogen-bond acceptors (Lipinski definition) is 3. The highest BCUT2D eigenvalue weighted by molar-refractivity contribution is 6.00. The summed E-state index contributed by atoms with van der Waals surface area (Å²) in [4.78, 5) is 28.8. The van der Waals surface area contributed by atoms with E-state index in [0.29, 0.717) is 24.3 Å². The van der Waals surface area contributed by atoms with E-state index < -0.39 is 0 Å². The van der Waals surface area contributed by atoms with Gasteiger partial charge in [-0.05, 0) is 48.6 Å². The molecule has 2 heterocycles. The zero-order chi connectivity index (χ0) is 21.1. The molecule has 4 rings (SSSR count).